The third-order valence-electron chi connectivity index (χ3n) is 4.58. The molecule has 2 aromatic heterocycles. The molecule has 1 fully saturated rings. The summed E-state index contributed by atoms with van der Waals surface area (Å²) in [5.74, 6) is -0.325. The molecule has 1 N–H and O–H groups in total. The second-order valence-corrected chi connectivity index (χ2v) is 7.31. The Labute approximate surface area is 154 Å². The topological polar surface area (TPSA) is 41.3 Å². The van der Waals surface area contributed by atoms with Gasteiger partial charge in [0.05, 0.1) is 12.0 Å². The lowest BCUT2D eigenvalue weighted by Crippen LogP contribution is -2.26. The number of aromatic nitrogens is 1. The highest BCUT2D eigenvalue weighted by Crippen LogP contribution is 2.26. The van der Waals surface area contributed by atoms with Gasteiger partial charge in [0.2, 0.25) is 0 Å². The molecule has 1 atom stereocenters. The summed E-state index contributed by atoms with van der Waals surface area (Å²) in [6.45, 7) is 3.27. The Morgan fingerprint density at radius 3 is 3.00 bits per heavy atom. The van der Waals surface area contributed by atoms with Crippen LogP contribution in [0, 0.1) is 17.6 Å². The average Bonchev–Trinajstić information content (AvgIpc) is 3.38. The van der Waals surface area contributed by atoms with Gasteiger partial charge in [0.15, 0.2) is 22.4 Å². The van der Waals surface area contributed by atoms with Crippen LogP contribution in [0.3, 0.4) is 0 Å². The highest BCUT2D eigenvalue weighted by atomic mass is 32.1. The number of halogens is 2. The van der Waals surface area contributed by atoms with E-state index < -0.39 is 11.6 Å². The van der Waals surface area contributed by atoms with E-state index in [0.717, 1.165) is 48.2 Å². The third kappa shape index (κ3) is 3.78. The standard InChI is InChI=1S/C19H19F2N3OS/c20-16-4-3-15(8-17(16)21)24-6-5-13(11-24)9-22-10-14-12-26-19(23-14)18-2-1-7-25-18/h1-4,7-8,12-13,22H,5-6,9-11H2/t13-/m1/s1. The van der Waals surface area contributed by atoms with Crippen LogP contribution in [0.25, 0.3) is 10.8 Å². The molecule has 136 valence electrons. The summed E-state index contributed by atoms with van der Waals surface area (Å²) in [4.78, 5) is 6.68. The van der Waals surface area contributed by atoms with Crippen molar-refractivity contribution in [3.63, 3.8) is 0 Å². The van der Waals surface area contributed by atoms with Crippen molar-refractivity contribution in [2.24, 2.45) is 5.92 Å². The van der Waals surface area contributed by atoms with E-state index >= 15 is 0 Å². The van der Waals surface area contributed by atoms with Crippen LogP contribution in [0.1, 0.15) is 12.1 Å². The van der Waals surface area contributed by atoms with Gasteiger partial charge in [-0.25, -0.2) is 13.8 Å². The minimum atomic E-state index is -0.802. The number of nitrogens with one attached hydrogen (secondary N) is 1. The van der Waals surface area contributed by atoms with Crippen LogP contribution in [0.4, 0.5) is 14.5 Å². The Bertz CT molecular complexity index is 866. The molecule has 1 aliphatic rings. The van der Waals surface area contributed by atoms with Gasteiger partial charge in [-0.2, -0.15) is 0 Å². The van der Waals surface area contributed by atoms with Crippen LogP contribution in [-0.2, 0) is 6.54 Å². The van der Waals surface area contributed by atoms with Crippen LogP contribution in [-0.4, -0.2) is 24.6 Å². The highest BCUT2D eigenvalue weighted by Gasteiger charge is 2.23. The van der Waals surface area contributed by atoms with E-state index in [1.165, 1.54) is 12.1 Å². The van der Waals surface area contributed by atoms with E-state index in [0.29, 0.717) is 12.5 Å². The molecule has 7 heteroatoms. The Morgan fingerprint density at radius 2 is 2.19 bits per heavy atom. The first-order chi connectivity index (χ1) is 12.7. The normalized spacial score (nSPS) is 17.2. The van der Waals surface area contributed by atoms with Gasteiger partial charge < -0.3 is 14.6 Å². The van der Waals surface area contributed by atoms with E-state index in [1.54, 1.807) is 23.7 Å². The molecule has 26 heavy (non-hydrogen) atoms. The first kappa shape index (κ1) is 17.2. The molecule has 0 bridgehead atoms. The van der Waals surface area contributed by atoms with E-state index in [4.69, 9.17) is 4.42 Å². The van der Waals surface area contributed by atoms with Gasteiger partial charge in [-0.1, -0.05) is 0 Å². The molecule has 0 radical (unpaired) electrons. The molecule has 4 nitrogen and oxygen atoms in total. The lowest BCUT2D eigenvalue weighted by molar-refractivity contribution is 0.507. The van der Waals surface area contributed by atoms with Crippen molar-refractivity contribution in [1.82, 2.24) is 10.3 Å². The van der Waals surface area contributed by atoms with Crippen molar-refractivity contribution in [1.29, 1.82) is 0 Å². The zero-order valence-electron chi connectivity index (χ0n) is 14.1. The number of rotatable bonds is 6. The van der Waals surface area contributed by atoms with Crippen molar-refractivity contribution in [2.45, 2.75) is 13.0 Å². The molecular formula is C19H19F2N3OS. The number of nitrogens with zero attached hydrogens (tertiary/aromatic N) is 2. The molecule has 0 aliphatic carbocycles. The number of furan rings is 1. The summed E-state index contributed by atoms with van der Waals surface area (Å²) in [6, 6.07) is 7.86. The van der Waals surface area contributed by atoms with E-state index in [1.807, 2.05) is 17.5 Å². The third-order valence-corrected chi connectivity index (χ3v) is 5.48. The molecule has 0 unspecified atom stereocenters. The molecule has 0 amide bonds. The predicted octanol–water partition coefficient (Wildman–Crippen LogP) is 4.30. The van der Waals surface area contributed by atoms with E-state index in [-0.39, 0.29) is 0 Å². The molecule has 1 aromatic carbocycles. The van der Waals surface area contributed by atoms with Crippen LogP contribution in [0.2, 0.25) is 0 Å². The monoisotopic (exact) mass is 375 g/mol. The summed E-state index contributed by atoms with van der Waals surface area (Å²) in [7, 11) is 0. The summed E-state index contributed by atoms with van der Waals surface area (Å²) < 4.78 is 31.8. The van der Waals surface area contributed by atoms with Crippen molar-refractivity contribution in [3.05, 3.63) is 59.3 Å². The number of thiazole rings is 1. The molecule has 0 saturated carbocycles. The van der Waals surface area contributed by atoms with Crippen LogP contribution >= 0.6 is 11.3 Å². The number of anilines is 1. The fourth-order valence-electron chi connectivity index (χ4n) is 3.22. The molecule has 0 spiro atoms. The SMILES string of the molecule is Fc1ccc(N2CC[C@H](CNCc3csc(-c4ccco4)n3)C2)cc1F. The molecule has 3 aromatic rings. The molecular weight excluding hydrogens is 356 g/mol. The zero-order valence-corrected chi connectivity index (χ0v) is 14.9. The lowest BCUT2D eigenvalue weighted by atomic mass is 10.1. The maximum atomic E-state index is 13.4. The maximum absolute atomic E-state index is 13.4. The quantitative estimate of drug-likeness (QED) is 0.698. The fourth-order valence-corrected chi connectivity index (χ4v) is 4.01. The minimum Gasteiger partial charge on any atom is -0.462 e. The van der Waals surface area contributed by atoms with Gasteiger partial charge in [0.25, 0.3) is 0 Å². The van der Waals surface area contributed by atoms with E-state index in [9.17, 15) is 8.78 Å². The highest BCUT2D eigenvalue weighted by molar-refractivity contribution is 7.13. The van der Waals surface area contributed by atoms with Crippen LogP contribution in [0.15, 0.2) is 46.4 Å². The van der Waals surface area contributed by atoms with Crippen molar-refractivity contribution < 1.29 is 13.2 Å². The Balaban J connectivity index is 1.26. The number of hydrogen-bond donors (Lipinski definition) is 1. The summed E-state index contributed by atoms with van der Waals surface area (Å²) in [6.07, 6.45) is 2.67. The maximum Gasteiger partial charge on any atom is 0.162 e. The van der Waals surface area contributed by atoms with Crippen molar-refractivity contribution >= 4 is 17.0 Å². The first-order valence-electron chi connectivity index (χ1n) is 8.58. The summed E-state index contributed by atoms with van der Waals surface area (Å²) in [5, 5.41) is 6.37. The smallest absolute Gasteiger partial charge is 0.162 e. The van der Waals surface area contributed by atoms with Crippen LogP contribution < -0.4 is 10.2 Å². The van der Waals surface area contributed by atoms with Crippen molar-refractivity contribution in [2.75, 3.05) is 24.5 Å². The van der Waals surface area contributed by atoms with Crippen LogP contribution in [0.5, 0.6) is 0 Å². The van der Waals surface area contributed by atoms with Gasteiger partial charge in [0, 0.05) is 43.3 Å². The Kier molecular flexibility index (Phi) is 4.99. The minimum absolute atomic E-state index is 0.478. The second kappa shape index (κ2) is 7.55. The molecule has 3 heterocycles. The van der Waals surface area contributed by atoms with Gasteiger partial charge in [-0.05, 0) is 36.6 Å². The largest absolute Gasteiger partial charge is 0.462 e. The van der Waals surface area contributed by atoms with Gasteiger partial charge in [-0.3, -0.25) is 0 Å². The molecule has 1 aliphatic heterocycles. The second-order valence-electron chi connectivity index (χ2n) is 6.45. The van der Waals surface area contributed by atoms with E-state index in [2.05, 4.69) is 15.2 Å². The van der Waals surface area contributed by atoms with Gasteiger partial charge in [-0.15, -0.1) is 11.3 Å². The predicted molar refractivity (Wildman–Crippen MR) is 98.2 cm³/mol. The average molecular weight is 375 g/mol. The summed E-state index contributed by atoms with van der Waals surface area (Å²) >= 11 is 1.57. The van der Waals surface area contributed by atoms with Gasteiger partial charge >= 0.3 is 0 Å². The zero-order chi connectivity index (χ0) is 17.9. The fraction of sp³-hybridized carbons (Fsp3) is 0.316. The molecule has 1 saturated heterocycles. The summed E-state index contributed by atoms with van der Waals surface area (Å²) in [5.41, 5.74) is 1.74. The Hall–Kier alpha value is -2.25. The Morgan fingerprint density at radius 1 is 1.27 bits per heavy atom. The molecule has 4 rings (SSSR count). The van der Waals surface area contributed by atoms with Gasteiger partial charge in [0.1, 0.15) is 0 Å². The lowest BCUT2D eigenvalue weighted by Gasteiger charge is -2.19. The number of benzene rings is 1. The first-order valence-corrected chi connectivity index (χ1v) is 9.46. The van der Waals surface area contributed by atoms with Crippen molar-refractivity contribution in [3.8, 4) is 10.8 Å². The number of hydrogen-bond acceptors (Lipinski definition) is 5.